The maximum absolute atomic E-state index is 12.8. The molecule has 0 radical (unpaired) electrons. The molecular formula is C21H22F3N5O2. The second-order valence-corrected chi connectivity index (χ2v) is 7.09. The van der Waals surface area contributed by atoms with Gasteiger partial charge in [-0.05, 0) is 36.8 Å². The van der Waals surface area contributed by atoms with Crippen LogP contribution in [-0.2, 0) is 11.0 Å². The summed E-state index contributed by atoms with van der Waals surface area (Å²) in [5.41, 5.74) is -0.117. The van der Waals surface area contributed by atoms with Gasteiger partial charge in [-0.1, -0.05) is 5.92 Å². The molecule has 1 aliphatic rings. The highest BCUT2D eigenvalue weighted by molar-refractivity contribution is 5.94. The Morgan fingerprint density at radius 2 is 1.84 bits per heavy atom. The molecule has 10 heteroatoms. The van der Waals surface area contributed by atoms with Gasteiger partial charge in [0.1, 0.15) is 0 Å². The Balaban J connectivity index is 1.59. The average Bonchev–Trinajstić information content (AvgIpc) is 3.14. The lowest BCUT2D eigenvalue weighted by molar-refractivity contribution is -0.141. The molecule has 0 bridgehead atoms. The second kappa shape index (κ2) is 9.66. The molecule has 1 aliphatic heterocycles. The zero-order chi connectivity index (χ0) is 22.4. The average molecular weight is 433 g/mol. The topological polar surface area (TPSA) is 70.5 Å². The maximum Gasteiger partial charge on any atom is 0.435 e. The number of carbonyl (C=O) groups excluding carboxylic acids is 2. The van der Waals surface area contributed by atoms with Crippen molar-refractivity contribution in [2.24, 2.45) is 0 Å². The number of aromatic nitrogens is 2. The molecule has 1 saturated heterocycles. The van der Waals surface area contributed by atoms with Crippen molar-refractivity contribution in [3.63, 3.8) is 0 Å². The highest BCUT2D eigenvalue weighted by Crippen LogP contribution is 2.27. The second-order valence-electron chi connectivity index (χ2n) is 7.09. The van der Waals surface area contributed by atoms with Crippen LogP contribution < -0.4 is 5.32 Å². The van der Waals surface area contributed by atoms with Crippen LogP contribution in [0.5, 0.6) is 0 Å². The van der Waals surface area contributed by atoms with E-state index in [0.717, 1.165) is 17.2 Å². The SMILES string of the molecule is C#CCNC(=O)CN1CCCN(C(=O)c2ccc(-n3ccc(C(F)(F)F)n3)cc2)CC1. The monoisotopic (exact) mass is 433 g/mol. The lowest BCUT2D eigenvalue weighted by Crippen LogP contribution is -2.40. The molecule has 7 nitrogen and oxygen atoms in total. The quantitative estimate of drug-likeness (QED) is 0.730. The number of alkyl halides is 3. The van der Waals surface area contributed by atoms with Crippen LogP contribution in [0.25, 0.3) is 5.69 Å². The van der Waals surface area contributed by atoms with E-state index in [4.69, 9.17) is 6.42 Å². The summed E-state index contributed by atoms with van der Waals surface area (Å²) < 4.78 is 39.3. The van der Waals surface area contributed by atoms with E-state index in [9.17, 15) is 22.8 Å². The first kappa shape index (κ1) is 22.4. The molecule has 1 aromatic carbocycles. The van der Waals surface area contributed by atoms with Crippen molar-refractivity contribution in [1.82, 2.24) is 24.9 Å². The largest absolute Gasteiger partial charge is 0.435 e. The summed E-state index contributed by atoms with van der Waals surface area (Å²) in [6.07, 6.45) is 2.57. The van der Waals surface area contributed by atoms with Gasteiger partial charge >= 0.3 is 6.18 Å². The van der Waals surface area contributed by atoms with Crippen molar-refractivity contribution >= 4 is 11.8 Å². The van der Waals surface area contributed by atoms with Crippen LogP contribution >= 0.6 is 0 Å². The van der Waals surface area contributed by atoms with Crippen molar-refractivity contribution in [2.45, 2.75) is 12.6 Å². The summed E-state index contributed by atoms with van der Waals surface area (Å²) in [4.78, 5) is 28.3. The van der Waals surface area contributed by atoms with Gasteiger partial charge in [-0.2, -0.15) is 18.3 Å². The van der Waals surface area contributed by atoms with Gasteiger partial charge in [0.25, 0.3) is 5.91 Å². The fraction of sp³-hybridized carbons (Fsp3) is 0.381. The van der Waals surface area contributed by atoms with Crippen molar-refractivity contribution < 1.29 is 22.8 Å². The first-order valence-electron chi connectivity index (χ1n) is 9.73. The number of nitrogens with zero attached hydrogens (tertiary/aromatic N) is 4. The van der Waals surface area contributed by atoms with Crippen molar-refractivity contribution in [3.05, 3.63) is 47.8 Å². The van der Waals surface area contributed by atoms with E-state index >= 15 is 0 Å². The van der Waals surface area contributed by atoms with E-state index in [2.05, 4.69) is 16.3 Å². The number of hydrogen-bond acceptors (Lipinski definition) is 4. The molecule has 2 heterocycles. The van der Waals surface area contributed by atoms with E-state index in [1.165, 1.54) is 6.20 Å². The zero-order valence-corrected chi connectivity index (χ0v) is 16.7. The molecule has 164 valence electrons. The number of carbonyl (C=O) groups is 2. The van der Waals surface area contributed by atoms with Gasteiger partial charge in [0.05, 0.1) is 18.8 Å². The van der Waals surface area contributed by atoms with Crippen molar-refractivity contribution in [1.29, 1.82) is 0 Å². The first-order valence-corrected chi connectivity index (χ1v) is 9.73. The molecule has 0 spiro atoms. The number of benzene rings is 1. The minimum Gasteiger partial charge on any atom is -0.344 e. The fourth-order valence-electron chi connectivity index (χ4n) is 3.30. The van der Waals surface area contributed by atoms with E-state index < -0.39 is 11.9 Å². The van der Waals surface area contributed by atoms with Crippen LogP contribution in [-0.4, -0.2) is 70.7 Å². The van der Waals surface area contributed by atoms with E-state index in [-0.39, 0.29) is 24.9 Å². The molecule has 0 saturated carbocycles. The number of terminal acetylenes is 1. The van der Waals surface area contributed by atoms with Gasteiger partial charge in [0, 0.05) is 37.9 Å². The van der Waals surface area contributed by atoms with Crippen LogP contribution in [0.4, 0.5) is 13.2 Å². The van der Waals surface area contributed by atoms with Gasteiger partial charge in [0.2, 0.25) is 5.91 Å². The van der Waals surface area contributed by atoms with Gasteiger partial charge in [-0.15, -0.1) is 6.42 Å². The van der Waals surface area contributed by atoms with Crippen LogP contribution in [0.2, 0.25) is 0 Å². The Kier molecular flexibility index (Phi) is 6.97. The third kappa shape index (κ3) is 5.86. The summed E-state index contributed by atoms with van der Waals surface area (Å²) in [6, 6.07) is 7.15. The predicted octanol–water partition coefficient (Wildman–Crippen LogP) is 1.79. The highest BCUT2D eigenvalue weighted by Gasteiger charge is 2.33. The van der Waals surface area contributed by atoms with E-state index in [1.807, 2.05) is 4.90 Å². The first-order chi connectivity index (χ1) is 14.8. The molecule has 1 fully saturated rings. The molecule has 0 aliphatic carbocycles. The molecule has 0 unspecified atom stereocenters. The molecule has 2 amide bonds. The molecule has 31 heavy (non-hydrogen) atoms. The highest BCUT2D eigenvalue weighted by atomic mass is 19.4. The molecular weight excluding hydrogens is 411 g/mol. The number of hydrogen-bond donors (Lipinski definition) is 1. The Hall–Kier alpha value is -3.32. The Morgan fingerprint density at radius 1 is 1.10 bits per heavy atom. The van der Waals surface area contributed by atoms with Crippen LogP contribution in [0, 0.1) is 12.3 Å². The fourth-order valence-corrected chi connectivity index (χ4v) is 3.30. The standard InChI is InChI=1S/C21H22F3N5O2/c1-2-9-25-19(30)15-27-10-3-11-28(14-13-27)20(31)16-4-6-17(7-5-16)29-12-8-18(26-29)21(22,23)24/h1,4-8,12H,3,9-11,13-15H2,(H,25,30). The lowest BCUT2D eigenvalue weighted by atomic mass is 10.1. The van der Waals surface area contributed by atoms with Crippen molar-refractivity contribution in [2.75, 3.05) is 39.3 Å². The summed E-state index contributed by atoms with van der Waals surface area (Å²) in [6.45, 7) is 2.67. The Morgan fingerprint density at radius 3 is 2.48 bits per heavy atom. The van der Waals surface area contributed by atoms with Gasteiger partial charge < -0.3 is 10.2 Å². The predicted molar refractivity (Wildman–Crippen MR) is 107 cm³/mol. The van der Waals surface area contributed by atoms with E-state index in [1.54, 1.807) is 29.2 Å². The molecule has 2 aromatic rings. The van der Waals surface area contributed by atoms with Crippen LogP contribution in [0.15, 0.2) is 36.5 Å². The summed E-state index contributed by atoms with van der Waals surface area (Å²) in [7, 11) is 0. The van der Waals surface area contributed by atoms with Gasteiger partial charge in [-0.25, -0.2) is 4.68 Å². The normalized spacial score (nSPS) is 15.2. The minimum atomic E-state index is -4.51. The summed E-state index contributed by atoms with van der Waals surface area (Å²) in [5, 5.41) is 6.15. The third-order valence-corrected chi connectivity index (χ3v) is 4.89. The number of amides is 2. The smallest absolute Gasteiger partial charge is 0.344 e. The molecule has 1 N–H and O–H groups in total. The molecule has 0 atom stereocenters. The van der Waals surface area contributed by atoms with Crippen LogP contribution in [0.3, 0.4) is 0 Å². The molecule has 3 rings (SSSR count). The van der Waals surface area contributed by atoms with Crippen molar-refractivity contribution in [3.8, 4) is 18.0 Å². The summed E-state index contributed by atoms with van der Waals surface area (Å²) in [5.74, 6) is 2.03. The van der Waals surface area contributed by atoms with Crippen LogP contribution in [0.1, 0.15) is 22.5 Å². The number of halogens is 3. The third-order valence-electron chi connectivity index (χ3n) is 4.89. The minimum absolute atomic E-state index is 0.152. The summed E-state index contributed by atoms with van der Waals surface area (Å²) >= 11 is 0. The number of nitrogens with one attached hydrogen (secondary N) is 1. The Labute approximate surface area is 177 Å². The Bertz CT molecular complexity index is 963. The zero-order valence-electron chi connectivity index (χ0n) is 16.7. The van der Waals surface area contributed by atoms with Gasteiger partial charge in [-0.3, -0.25) is 14.5 Å². The number of rotatable bonds is 5. The molecule has 1 aromatic heterocycles. The van der Waals surface area contributed by atoms with Gasteiger partial charge in [0.15, 0.2) is 5.69 Å². The van der Waals surface area contributed by atoms with E-state index in [0.29, 0.717) is 37.4 Å². The lowest BCUT2D eigenvalue weighted by Gasteiger charge is -2.22. The maximum atomic E-state index is 12.8.